The number of nitrogens with zero attached hydrogens (tertiary/aromatic N) is 1. The number of carbonyl (C=O) groups is 1. The summed E-state index contributed by atoms with van der Waals surface area (Å²) in [6, 6.07) is 17.2. The summed E-state index contributed by atoms with van der Waals surface area (Å²) in [6.45, 7) is 2.48. The number of thioether (sulfide) groups is 2. The highest BCUT2D eigenvalue weighted by molar-refractivity contribution is 7.99. The maximum absolute atomic E-state index is 12.6. The molecule has 4 nitrogen and oxygen atoms in total. The Morgan fingerprint density at radius 2 is 1.93 bits per heavy atom. The molecular weight excluding hydrogens is 400 g/mol. The van der Waals surface area contributed by atoms with Crippen LogP contribution < -0.4 is 5.32 Å². The lowest BCUT2D eigenvalue weighted by atomic mass is 10.2. The van der Waals surface area contributed by atoms with Gasteiger partial charge in [0.15, 0.2) is 0 Å². The zero-order valence-electron chi connectivity index (χ0n) is 14.8. The Morgan fingerprint density at radius 3 is 2.67 bits per heavy atom. The molecule has 0 aliphatic heterocycles. The van der Waals surface area contributed by atoms with E-state index >= 15 is 0 Å². The topological polar surface area (TPSA) is 55.1 Å². The molecule has 3 rings (SSSR count). The fourth-order valence-electron chi connectivity index (χ4n) is 2.37. The minimum absolute atomic E-state index is 0.0662. The van der Waals surface area contributed by atoms with Crippen molar-refractivity contribution in [1.82, 2.24) is 10.5 Å². The lowest BCUT2D eigenvalue weighted by molar-refractivity contribution is 0.0953. The Morgan fingerprint density at radius 1 is 1.15 bits per heavy atom. The average Bonchev–Trinajstić information content (AvgIpc) is 3.10. The van der Waals surface area contributed by atoms with E-state index in [0.717, 1.165) is 32.0 Å². The predicted octanol–water partition coefficient (Wildman–Crippen LogP) is 5.45. The first-order valence-electron chi connectivity index (χ1n) is 8.42. The number of halogens is 1. The molecule has 0 atom stereocenters. The molecule has 0 unspecified atom stereocenters. The largest absolute Gasteiger partial charge is 0.360 e. The van der Waals surface area contributed by atoms with Crippen LogP contribution in [0.4, 0.5) is 0 Å². The van der Waals surface area contributed by atoms with Gasteiger partial charge in [-0.15, -0.1) is 23.5 Å². The third kappa shape index (κ3) is 6.06. The monoisotopic (exact) mass is 418 g/mol. The maximum atomic E-state index is 12.6. The fraction of sp³-hybridized carbons (Fsp3) is 0.200. The van der Waals surface area contributed by atoms with Crippen LogP contribution in [0.15, 0.2) is 68.9 Å². The number of aryl methyl sites for hydroxylation is 1. The lowest BCUT2D eigenvalue weighted by Gasteiger charge is -2.09. The van der Waals surface area contributed by atoms with Gasteiger partial charge in [-0.3, -0.25) is 4.79 Å². The van der Waals surface area contributed by atoms with Crippen molar-refractivity contribution in [3.8, 4) is 0 Å². The van der Waals surface area contributed by atoms with Gasteiger partial charge in [-0.25, -0.2) is 0 Å². The van der Waals surface area contributed by atoms with E-state index in [-0.39, 0.29) is 5.91 Å². The Balaban J connectivity index is 1.51. The van der Waals surface area contributed by atoms with Crippen molar-refractivity contribution in [2.24, 2.45) is 0 Å². The van der Waals surface area contributed by atoms with Crippen molar-refractivity contribution < 1.29 is 9.32 Å². The van der Waals surface area contributed by atoms with E-state index in [2.05, 4.69) is 10.5 Å². The lowest BCUT2D eigenvalue weighted by Crippen LogP contribution is -2.26. The van der Waals surface area contributed by atoms with E-state index in [1.54, 1.807) is 23.5 Å². The average molecular weight is 419 g/mol. The summed E-state index contributed by atoms with van der Waals surface area (Å²) in [5.41, 5.74) is 1.53. The Bertz CT molecular complexity index is 897. The minimum atomic E-state index is -0.0662. The Labute approximate surface area is 172 Å². The van der Waals surface area contributed by atoms with Crippen LogP contribution in [0.5, 0.6) is 0 Å². The van der Waals surface area contributed by atoms with Crippen molar-refractivity contribution >= 4 is 41.0 Å². The van der Waals surface area contributed by atoms with Crippen molar-refractivity contribution in [2.45, 2.75) is 22.5 Å². The summed E-state index contributed by atoms with van der Waals surface area (Å²) in [5, 5.41) is 7.60. The quantitative estimate of drug-likeness (QED) is 0.389. The summed E-state index contributed by atoms with van der Waals surface area (Å²) in [7, 11) is 0. The summed E-state index contributed by atoms with van der Waals surface area (Å²) in [6.07, 6.45) is 0. The number of hydrogen-bond acceptors (Lipinski definition) is 5. The molecule has 3 aromatic rings. The molecule has 0 bridgehead atoms. The summed E-state index contributed by atoms with van der Waals surface area (Å²) in [4.78, 5) is 14.6. The predicted molar refractivity (Wildman–Crippen MR) is 112 cm³/mol. The van der Waals surface area contributed by atoms with E-state index in [0.29, 0.717) is 17.9 Å². The van der Waals surface area contributed by atoms with Gasteiger partial charge in [0.1, 0.15) is 5.76 Å². The van der Waals surface area contributed by atoms with E-state index in [1.807, 2.05) is 61.5 Å². The molecule has 140 valence electrons. The molecule has 7 heteroatoms. The highest BCUT2D eigenvalue weighted by atomic mass is 35.5. The number of aromatic nitrogens is 1. The smallest absolute Gasteiger partial charge is 0.252 e. The first kappa shape index (κ1) is 19.9. The fourth-order valence-corrected chi connectivity index (χ4v) is 4.19. The molecule has 1 aromatic heterocycles. The molecule has 0 aliphatic carbocycles. The summed E-state index contributed by atoms with van der Waals surface area (Å²) < 4.78 is 5.23. The highest BCUT2D eigenvalue weighted by Crippen LogP contribution is 2.26. The molecule has 1 N–H and O–H groups in total. The summed E-state index contributed by atoms with van der Waals surface area (Å²) in [5.74, 6) is 2.16. The zero-order valence-corrected chi connectivity index (χ0v) is 17.2. The molecule has 1 amide bonds. The van der Waals surface area contributed by atoms with Gasteiger partial charge < -0.3 is 9.84 Å². The van der Waals surface area contributed by atoms with Gasteiger partial charge in [-0.2, -0.15) is 0 Å². The van der Waals surface area contributed by atoms with Gasteiger partial charge >= 0.3 is 0 Å². The first-order valence-corrected chi connectivity index (χ1v) is 10.8. The molecular formula is C20H19ClN2O2S2. The standard InChI is InChI=1S/C20H19ClN2O2S2/c1-14-12-16(25-23-14)13-27-19-5-3-2-4-18(19)20(24)22-10-11-26-17-8-6-15(21)7-9-17/h2-9,12H,10-11,13H2,1H3,(H,22,24). The minimum Gasteiger partial charge on any atom is -0.360 e. The maximum Gasteiger partial charge on any atom is 0.252 e. The Hall–Kier alpha value is -1.89. The third-order valence-corrected chi connectivity index (χ3v) is 6.01. The molecule has 0 saturated heterocycles. The second-order valence-electron chi connectivity index (χ2n) is 5.78. The zero-order chi connectivity index (χ0) is 19.1. The number of benzene rings is 2. The van der Waals surface area contributed by atoms with Crippen molar-refractivity contribution in [3.05, 3.63) is 76.6 Å². The van der Waals surface area contributed by atoms with Gasteiger partial charge in [0.05, 0.1) is 17.0 Å². The first-order chi connectivity index (χ1) is 13.1. The second-order valence-corrected chi connectivity index (χ2v) is 8.40. The molecule has 0 spiro atoms. The molecule has 27 heavy (non-hydrogen) atoms. The number of amides is 1. The molecule has 1 heterocycles. The SMILES string of the molecule is Cc1cc(CSc2ccccc2C(=O)NCCSc2ccc(Cl)cc2)on1. The molecule has 0 saturated carbocycles. The number of nitrogens with one attached hydrogen (secondary N) is 1. The van der Waals surface area contributed by atoms with Gasteiger partial charge in [-0.1, -0.05) is 28.9 Å². The van der Waals surface area contributed by atoms with Gasteiger partial charge in [-0.05, 0) is 43.3 Å². The van der Waals surface area contributed by atoms with Crippen LogP contribution in [-0.4, -0.2) is 23.4 Å². The van der Waals surface area contributed by atoms with Crippen LogP contribution in [0, 0.1) is 6.92 Å². The van der Waals surface area contributed by atoms with Gasteiger partial charge in [0.25, 0.3) is 5.91 Å². The highest BCUT2D eigenvalue weighted by Gasteiger charge is 2.12. The van der Waals surface area contributed by atoms with Crippen molar-refractivity contribution in [3.63, 3.8) is 0 Å². The van der Waals surface area contributed by atoms with Crippen LogP contribution in [-0.2, 0) is 5.75 Å². The van der Waals surface area contributed by atoms with Gasteiger partial charge in [0, 0.05) is 33.2 Å². The Kier molecular flexibility index (Phi) is 7.26. The van der Waals surface area contributed by atoms with E-state index in [1.165, 1.54) is 0 Å². The van der Waals surface area contributed by atoms with Gasteiger partial charge in [0.2, 0.25) is 0 Å². The molecule has 0 radical (unpaired) electrons. The molecule has 0 fully saturated rings. The van der Waals surface area contributed by atoms with E-state index < -0.39 is 0 Å². The van der Waals surface area contributed by atoms with Crippen molar-refractivity contribution in [2.75, 3.05) is 12.3 Å². The number of rotatable bonds is 8. The van der Waals surface area contributed by atoms with Crippen LogP contribution in [0.25, 0.3) is 0 Å². The number of hydrogen-bond donors (Lipinski definition) is 1. The summed E-state index contributed by atoms with van der Waals surface area (Å²) >= 11 is 9.13. The van der Waals surface area contributed by atoms with Crippen LogP contribution in [0.3, 0.4) is 0 Å². The van der Waals surface area contributed by atoms with Crippen molar-refractivity contribution in [1.29, 1.82) is 0 Å². The molecule has 2 aromatic carbocycles. The van der Waals surface area contributed by atoms with E-state index in [9.17, 15) is 4.79 Å². The third-order valence-electron chi connectivity index (χ3n) is 3.65. The van der Waals surface area contributed by atoms with Crippen LogP contribution >= 0.6 is 35.1 Å². The van der Waals surface area contributed by atoms with Crippen LogP contribution in [0.1, 0.15) is 21.8 Å². The molecule has 0 aliphatic rings. The normalized spacial score (nSPS) is 10.7. The van der Waals surface area contributed by atoms with E-state index in [4.69, 9.17) is 16.1 Å². The van der Waals surface area contributed by atoms with Crippen LogP contribution in [0.2, 0.25) is 5.02 Å². The number of carbonyl (C=O) groups excluding carboxylic acids is 1. The second kappa shape index (κ2) is 9.88.